The van der Waals surface area contributed by atoms with Crippen molar-refractivity contribution in [2.75, 3.05) is 0 Å². The molecule has 124 valence electrons. The molecule has 1 aliphatic heterocycles. The number of hydrogen-bond acceptors (Lipinski definition) is 3. The van der Waals surface area contributed by atoms with E-state index < -0.39 is 0 Å². The summed E-state index contributed by atoms with van der Waals surface area (Å²) < 4.78 is 13.2. The van der Waals surface area contributed by atoms with Crippen molar-refractivity contribution in [3.05, 3.63) is 77.7 Å². The van der Waals surface area contributed by atoms with Crippen LogP contribution < -0.4 is 0 Å². The van der Waals surface area contributed by atoms with Gasteiger partial charge in [-0.25, -0.2) is 9.40 Å². The molecular weight excluding hydrogens is 317 g/mol. The third-order valence-electron chi connectivity index (χ3n) is 4.42. The Bertz CT molecular complexity index is 982. The highest BCUT2D eigenvalue weighted by molar-refractivity contribution is 6.03. The lowest BCUT2D eigenvalue weighted by Gasteiger charge is -2.20. The number of rotatable bonds is 2. The van der Waals surface area contributed by atoms with Crippen molar-refractivity contribution >= 4 is 22.5 Å². The van der Waals surface area contributed by atoms with Crippen molar-refractivity contribution in [3.63, 3.8) is 0 Å². The Hall–Kier alpha value is -3.08. The molecule has 1 aliphatic rings. The maximum Gasteiger partial charge on any atom is 0.240 e. The van der Waals surface area contributed by atoms with Crippen molar-refractivity contribution in [2.45, 2.75) is 19.4 Å². The molecule has 1 amide bonds. The number of pyridine rings is 1. The first-order valence-corrected chi connectivity index (χ1v) is 8.10. The average Bonchev–Trinajstić information content (AvgIpc) is 3.07. The van der Waals surface area contributed by atoms with Gasteiger partial charge in [0, 0.05) is 24.9 Å². The Morgan fingerprint density at radius 3 is 2.72 bits per heavy atom. The lowest BCUT2D eigenvalue weighted by atomic mass is 9.97. The van der Waals surface area contributed by atoms with Crippen LogP contribution in [0, 0.1) is 5.82 Å². The molecule has 4 rings (SSSR count). The molecule has 1 atom stereocenters. The van der Waals surface area contributed by atoms with Gasteiger partial charge in [-0.05, 0) is 41.5 Å². The van der Waals surface area contributed by atoms with Gasteiger partial charge in [0.2, 0.25) is 5.91 Å². The quantitative estimate of drug-likeness (QED) is 0.709. The van der Waals surface area contributed by atoms with Crippen LogP contribution in [0.3, 0.4) is 0 Å². The molecule has 5 heteroatoms. The Kier molecular flexibility index (Phi) is 3.76. The van der Waals surface area contributed by atoms with E-state index in [2.05, 4.69) is 10.1 Å². The van der Waals surface area contributed by atoms with Crippen molar-refractivity contribution in [2.24, 2.45) is 5.10 Å². The van der Waals surface area contributed by atoms with E-state index in [4.69, 9.17) is 0 Å². The topological polar surface area (TPSA) is 45.6 Å². The normalized spacial score (nSPS) is 17.0. The number of halogens is 1. The number of carbonyl (C=O) groups excluding carboxylic acids is 1. The molecule has 0 spiro atoms. The zero-order chi connectivity index (χ0) is 17.4. The zero-order valence-corrected chi connectivity index (χ0v) is 13.7. The number of hydrogen-bond donors (Lipinski definition) is 0. The first-order valence-electron chi connectivity index (χ1n) is 8.10. The van der Waals surface area contributed by atoms with E-state index in [-0.39, 0.29) is 17.8 Å². The number of amides is 1. The largest absolute Gasteiger partial charge is 0.273 e. The first kappa shape index (κ1) is 15.4. The lowest BCUT2D eigenvalue weighted by Crippen LogP contribution is -2.24. The van der Waals surface area contributed by atoms with Crippen LogP contribution in [0.1, 0.15) is 30.5 Å². The summed E-state index contributed by atoms with van der Waals surface area (Å²) in [7, 11) is 0. The van der Waals surface area contributed by atoms with Crippen LogP contribution in [-0.2, 0) is 4.79 Å². The first-order chi connectivity index (χ1) is 12.1. The predicted molar refractivity (Wildman–Crippen MR) is 94.6 cm³/mol. The lowest BCUT2D eigenvalue weighted by molar-refractivity contribution is -0.130. The zero-order valence-electron chi connectivity index (χ0n) is 13.7. The summed E-state index contributed by atoms with van der Waals surface area (Å²) in [6, 6.07) is 15.9. The fraction of sp³-hybridized carbons (Fsp3) is 0.150. The molecule has 4 nitrogen and oxygen atoms in total. The van der Waals surface area contributed by atoms with Crippen molar-refractivity contribution in [3.8, 4) is 0 Å². The fourth-order valence-electron chi connectivity index (χ4n) is 3.18. The molecule has 0 bridgehead atoms. The minimum Gasteiger partial charge on any atom is -0.273 e. The average molecular weight is 333 g/mol. The molecule has 0 saturated carbocycles. The number of carbonyl (C=O) groups is 1. The number of fused-ring (bicyclic) bond motifs is 1. The van der Waals surface area contributed by atoms with Crippen LogP contribution in [0.4, 0.5) is 4.39 Å². The van der Waals surface area contributed by atoms with Gasteiger partial charge in [-0.15, -0.1) is 0 Å². The van der Waals surface area contributed by atoms with E-state index in [1.165, 1.54) is 24.1 Å². The molecule has 0 aliphatic carbocycles. The summed E-state index contributed by atoms with van der Waals surface area (Å²) in [6.07, 6.45) is 2.35. The highest BCUT2D eigenvalue weighted by Gasteiger charge is 2.31. The van der Waals surface area contributed by atoms with Crippen molar-refractivity contribution < 1.29 is 9.18 Å². The van der Waals surface area contributed by atoms with E-state index in [0.29, 0.717) is 6.42 Å². The van der Waals surface area contributed by atoms with Crippen LogP contribution in [0.2, 0.25) is 0 Å². The van der Waals surface area contributed by atoms with Crippen LogP contribution in [0.25, 0.3) is 10.9 Å². The maximum absolute atomic E-state index is 13.2. The summed E-state index contributed by atoms with van der Waals surface area (Å²) in [5.41, 5.74) is 3.54. The van der Waals surface area contributed by atoms with E-state index in [0.717, 1.165) is 27.7 Å². The fourth-order valence-corrected chi connectivity index (χ4v) is 3.18. The second-order valence-electron chi connectivity index (χ2n) is 6.09. The van der Waals surface area contributed by atoms with E-state index in [1.54, 1.807) is 18.3 Å². The van der Waals surface area contributed by atoms with Crippen LogP contribution in [0.5, 0.6) is 0 Å². The summed E-state index contributed by atoms with van der Waals surface area (Å²) >= 11 is 0. The van der Waals surface area contributed by atoms with E-state index >= 15 is 0 Å². The predicted octanol–water partition coefficient (Wildman–Crippen LogP) is 4.07. The summed E-state index contributed by atoms with van der Waals surface area (Å²) in [6.45, 7) is 1.51. The second kappa shape index (κ2) is 6.09. The van der Waals surface area contributed by atoms with Gasteiger partial charge < -0.3 is 0 Å². The molecule has 2 aromatic carbocycles. The van der Waals surface area contributed by atoms with Gasteiger partial charge in [0.05, 0.1) is 17.3 Å². The summed E-state index contributed by atoms with van der Waals surface area (Å²) in [5.74, 6) is -0.405. The molecule has 0 N–H and O–H groups in total. The number of hydrazone groups is 1. The minimum absolute atomic E-state index is 0.117. The van der Waals surface area contributed by atoms with Gasteiger partial charge in [-0.3, -0.25) is 9.78 Å². The highest BCUT2D eigenvalue weighted by Crippen LogP contribution is 2.33. The van der Waals surface area contributed by atoms with Gasteiger partial charge in [-0.1, -0.05) is 24.3 Å². The monoisotopic (exact) mass is 333 g/mol. The molecule has 0 fully saturated rings. The maximum atomic E-state index is 13.2. The molecule has 0 saturated heterocycles. The van der Waals surface area contributed by atoms with Gasteiger partial charge in [-0.2, -0.15) is 5.10 Å². The van der Waals surface area contributed by atoms with Gasteiger partial charge in [0.1, 0.15) is 5.82 Å². The molecule has 0 radical (unpaired) electrons. The van der Waals surface area contributed by atoms with Gasteiger partial charge in [0.15, 0.2) is 0 Å². The smallest absolute Gasteiger partial charge is 0.240 e. The Morgan fingerprint density at radius 2 is 1.96 bits per heavy atom. The molecule has 2 heterocycles. The Balaban J connectivity index is 1.71. The molecule has 1 aromatic heterocycles. The standard InChI is InChI=1S/C20H16FN3O/c1-13(25)24-20(12-19(23-24)14-4-7-17(21)8-5-14)16-6-9-18-15(11-16)3-2-10-22-18/h2-11,20H,12H2,1H3. The van der Waals surface area contributed by atoms with Crippen LogP contribution >= 0.6 is 0 Å². The molecular formula is C20H16FN3O. The molecule has 1 unspecified atom stereocenters. The Labute approximate surface area is 144 Å². The van der Waals surface area contributed by atoms with E-state index in [9.17, 15) is 9.18 Å². The second-order valence-corrected chi connectivity index (χ2v) is 6.09. The highest BCUT2D eigenvalue weighted by atomic mass is 19.1. The number of benzene rings is 2. The van der Waals surface area contributed by atoms with Crippen molar-refractivity contribution in [1.82, 2.24) is 9.99 Å². The van der Waals surface area contributed by atoms with Crippen LogP contribution in [0.15, 0.2) is 65.9 Å². The molecule has 3 aromatic rings. The molecule has 25 heavy (non-hydrogen) atoms. The SMILES string of the molecule is CC(=O)N1N=C(c2ccc(F)cc2)CC1c1ccc2ncccc2c1. The van der Waals surface area contributed by atoms with E-state index in [1.807, 2.05) is 30.3 Å². The third-order valence-corrected chi connectivity index (χ3v) is 4.42. The van der Waals surface area contributed by atoms with Gasteiger partial charge >= 0.3 is 0 Å². The van der Waals surface area contributed by atoms with Crippen LogP contribution in [-0.4, -0.2) is 21.6 Å². The minimum atomic E-state index is -0.288. The number of aromatic nitrogens is 1. The summed E-state index contributed by atoms with van der Waals surface area (Å²) in [5, 5.41) is 7.02. The summed E-state index contributed by atoms with van der Waals surface area (Å²) in [4.78, 5) is 16.4. The third kappa shape index (κ3) is 2.89. The Morgan fingerprint density at radius 1 is 1.16 bits per heavy atom. The number of nitrogens with zero attached hydrogens (tertiary/aromatic N) is 3. The van der Waals surface area contributed by atoms with Crippen molar-refractivity contribution in [1.29, 1.82) is 0 Å². The van der Waals surface area contributed by atoms with Gasteiger partial charge in [0.25, 0.3) is 0 Å².